The quantitative estimate of drug-likeness (QED) is 0.747. The van der Waals surface area contributed by atoms with Gasteiger partial charge in [0.05, 0.1) is 0 Å². The van der Waals surface area contributed by atoms with Crippen LogP contribution in [0.5, 0.6) is 0 Å². The second-order valence-corrected chi connectivity index (χ2v) is 5.42. The second-order valence-electron chi connectivity index (χ2n) is 4.98. The van der Waals surface area contributed by atoms with Gasteiger partial charge in [-0.05, 0) is 37.5 Å². The third-order valence-electron chi connectivity index (χ3n) is 2.89. The lowest BCUT2D eigenvalue weighted by atomic mass is 10.1. The van der Waals surface area contributed by atoms with E-state index in [-0.39, 0.29) is 12.6 Å². The van der Waals surface area contributed by atoms with Crippen molar-refractivity contribution >= 4 is 17.6 Å². The standard InChI is InChI=1S/C14H18ClF3N2O2/c1-9(7-10-3-2-4-11(15)8-10)20-13(22)19-6-5-12(21)14(16,17)18/h2-4,8-9,12,21H,5-7H2,1H3,(H2,19,20,22). The highest BCUT2D eigenvalue weighted by Crippen LogP contribution is 2.21. The van der Waals surface area contributed by atoms with E-state index in [4.69, 9.17) is 16.7 Å². The van der Waals surface area contributed by atoms with Crippen LogP contribution in [-0.4, -0.2) is 36.0 Å². The van der Waals surface area contributed by atoms with Crippen LogP contribution >= 0.6 is 11.6 Å². The van der Waals surface area contributed by atoms with Crippen LogP contribution in [0.3, 0.4) is 0 Å². The van der Waals surface area contributed by atoms with Crippen LogP contribution in [0, 0.1) is 0 Å². The molecule has 0 aliphatic carbocycles. The number of amides is 2. The van der Waals surface area contributed by atoms with E-state index in [1.54, 1.807) is 25.1 Å². The molecule has 124 valence electrons. The molecule has 2 atom stereocenters. The molecule has 0 bridgehead atoms. The van der Waals surface area contributed by atoms with Crippen LogP contribution in [0.25, 0.3) is 0 Å². The van der Waals surface area contributed by atoms with Crippen molar-refractivity contribution in [3.05, 3.63) is 34.9 Å². The maximum Gasteiger partial charge on any atom is 0.414 e. The number of hydrogen-bond acceptors (Lipinski definition) is 2. The number of carbonyl (C=O) groups is 1. The average molecular weight is 339 g/mol. The lowest BCUT2D eigenvalue weighted by molar-refractivity contribution is -0.204. The molecule has 0 heterocycles. The lowest BCUT2D eigenvalue weighted by Crippen LogP contribution is -2.43. The predicted molar refractivity (Wildman–Crippen MR) is 77.8 cm³/mol. The molecule has 0 radical (unpaired) electrons. The topological polar surface area (TPSA) is 61.4 Å². The van der Waals surface area contributed by atoms with Gasteiger partial charge in [-0.3, -0.25) is 0 Å². The SMILES string of the molecule is CC(Cc1cccc(Cl)c1)NC(=O)NCCC(O)C(F)(F)F. The van der Waals surface area contributed by atoms with E-state index in [0.717, 1.165) is 5.56 Å². The fourth-order valence-electron chi connectivity index (χ4n) is 1.83. The first kappa shape index (κ1) is 18.6. The molecule has 2 amide bonds. The van der Waals surface area contributed by atoms with Gasteiger partial charge in [-0.1, -0.05) is 23.7 Å². The van der Waals surface area contributed by atoms with Gasteiger partial charge in [0.15, 0.2) is 6.10 Å². The molecule has 22 heavy (non-hydrogen) atoms. The molecule has 0 aromatic heterocycles. The summed E-state index contributed by atoms with van der Waals surface area (Å²) in [6, 6.07) is 6.37. The summed E-state index contributed by atoms with van der Waals surface area (Å²) in [4.78, 5) is 11.5. The second kappa shape index (κ2) is 8.24. The maximum atomic E-state index is 12.1. The zero-order valence-corrected chi connectivity index (χ0v) is 12.7. The van der Waals surface area contributed by atoms with E-state index in [9.17, 15) is 18.0 Å². The summed E-state index contributed by atoms with van der Waals surface area (Å²) in [5, 5.41) is 14.3. The third kappa shape index (κ3) is 7.00. The monoisotopic (exact) mass is 338 g/mol. The first-order valence-corrected chi connectivity index (χ1v) is 7.10. The smallest absolute Gasteiger partial charge is 0.384 e. The maximum absolute atomic E-state index is 12.1. The van der Waals surface area contributed by atoms with Gasteiger partial charge in [0.2, 0.25) is 0 Å². The zero-order chi connectivity index (χ0) is 16.8. The molecule has 0 saturated carbocycles. The van der Waals surface area contributed by atoms with Crippen molar-refractivity contribution in [1.29, 1.82) is 0 Å². The number of aliphatic hydroxyl groups is 1. The molecule has 8 heteroatoms. The van der Waals surface area contributed by atoms with Crippen molar-refractivity contribution in [3.8, 4) is 0 Å². The minimum absolute atomic E-state index is 0.217. The number of halogens is 4. The Morgan fingerprint density at radius 2 is 2.09 bits per heavy atom. The van der Waals surface area contributed by atoms with Crippen LogP contribution in [0.15, 0.2) is 24.3 Å². The molecule has 0 fully saturated rings. The van der Waals surface area contributed by atoms with Crippen molar-refractivity contribution in [2.24, 2.45) is 0 Å². The van der Waals surface area contributed by atoms with Crippen LogP contribution in [0.1, 0.15) is 18.9 Å². The Hall–Kier alpha value is -1.47. The van der Waals surface area contributed by atoms with Gasteiger partial charge in [-0.25, -0.2) is 4.79 Å². The molecule has 2 unspecified atom stereocenters. The number of alkyl halides is 3. The summed E-state index contributed by atoms with van der Waals surface area (Å²) in [7, 11) is 0. The Kier molecular flexibility index (Phi) is 6.96. The molecular weight excluding hydrogens is 321 g/mol. The van der Waals surface area contributed by atoms with E-state index in [0.29, 0.717) is 11.4 Å². The number of nitrogens with one attached hydrogen (secondary N) is 2. The van der Waals surface area contributed by atoms with Crippen molar-refractivity contribution in [2.45, 2.75) is 38.1 Å². The summed E-state index contributed by atoms with van der Waals surface area (Å²) >= 11 is 5.85. The molecular formula is C14H18ClF3N2O2. The molecule has 1 rings (SSSR count). The van der Waals surface area contributed by atoms with Gasteiger partial charge >= 0.3 is 12.2 Å². The Morgan fingerprint density at radius 3 is 2.68 bits per heavy atom. The first-order chi connectivity index (χ1) is 10.2. The minimum atomic E-state index is -4.67. The number of aliphatic hydroxyl groups excluding tert-OH is 1. The van der Waals surface area contributed by atoms with Crippen molar-refractivity contribution < 1.29 is 23.1 Å². The van der Waals surface area contributed by atoms with Crippen molar-refractivity contribution in [2.75, 3.05) is 6.54 Å². The molecule has 0 saturated heterocycles. The van der Waals surface area contributed by atoms with E-state index < -0.39 is 24.7 Å². The van der Waals surface area contributed by atoms with Gasteiger partial charge in [-0.2, -0.15) is 13.2 Å². The Balaban J connectivity index is 2.30. The summed E-state index contributed by atoms with van der Waals surface area (Å²) in [6.07, 6.45) is -7.15. The summed E-state index contributed by atoms with van der Waals surface area (Å²) in [6.45, 7) is 1.50. The Labute approximate surface area is 131 Å². The van der Waals surface area contributed by atoms with Crippen LogP contribution < -0.4 is 10.6 Å². The molecule has 0 aliphatic rings. The molecule has 3 N–H and O–H groups in total. The van der Waals surface area contributed by atoms with E-state index in [1.807, 2.05) is 6.07 Å². The molecule has 1 aromatic carbocycles. The third-order valence-corrected chi connectivity index (χ3v) is 3.12. The average Bonchev–Trinajstić information content (AvgIpc) is 2.37. The highest BCUT2D eigenvalue weighted by Gasteiger charge is 2.37. The number of urea groups is 1. The minimum Gasteiger partial charge on any atom is -0.384 e. The van der Waals surface area contributed by atoms with Gasteiger partial charge < -0.3 is 15.7 Å². The molecule has 0 spiro atoms. The van der Waals surface area contributed by atoms with Gasteiger partial charge in [-0.15, -0.1) is 0 Å². The zero-order valence-electron chi connectivity index (χ0n) is 12.0. The van der Waals surface area contributed by atoms with E-state index in [2.05, 4.69) is 10.6 Å². The number of carbonyl (C=O) groups excluding carboxylic acids is 1. The first-order valence-electron chi connectivity index (χ1n) is 6.72. The summed E-state index contributed by atoms with van der Waals surface area (Å²) in [5.74, 6) is 0. The van der Waals surface area contributed by atoms with Crippen molar-refractivity contribution in [1.82, 2.24) is 10.6 Å². The summed E-state index contributed by atoms with van der Waals surface area (Å²) < 4.78 is 36.2. The highest BCUT2D eigenvalue weighted by atomic mass is 35.5. The largest absolute Gasteiger partial charge is 0.414 e. The van der Waals surface area contributed by atoms with Crippen molar-refractivity contribution in [3.63, 3.8) is 0 Å². The molecule has 4 nitrogen and oxygen atoms in total. The van der Waals surface area contributed by atoms with Gasteiger partial charge in [0.25, 0.3) is 0 Å². The molecule has 1 aromatic rings. The van der Waals surface area contributed by atoms with E-state index >= 15 is 0 Å². The fourth-order valence-corrected chi connectivity index (χ4v) is 2.04. The Morgan fingerprint density at radius 1 is 1.41 bits per heavy atom. The number of benzene rings is 1. The van der Waals surface area contributed by atoms with E-state index in [1.165, 1.54) is 0 Å². The van der Waals surface area contributed by atoms with Gasteiger partial charge in [0, 0.05) is 17.6 Å². The van der Waals surface area contributed by atoms with Crippen LogP contribution in [-0.2, 0) is 6.42 Å². The fraction of sp³-hybridized carbons (Fsp3) is 0.500. The number of hydrogen-bond donors (Lipinski definition) is 3. The van der Waals surface area contributed by atoms with Crippen LogP contribution in [0.2, 0.25) is 5.02 Å². The van der Waals surface area contributed by atoms with Crippen LogP contribution in [0.4, 0.5) is 18.0 Å². The molecule has 0 aliphatic heterocycles. The Bertz CT molecular complexity index is 497. The highest BCUT2D eigenvalue weighted by molar-refractivity contribution is 6.30. The summed E-state index contributed by atoms with van der Waals surface area (Å²) in [5.41, 5.74) is 0.938. The predicted octanol–water partition coefficient (Wildman–Crippen LogP) is 2.88. The normalized spacial score (nSPS) is 14.3. The lowest BCUT2D eigenvalue weighted by Gasteiger charge is -2.17. The van der Waals surface area contributed by atoms with Gasteiger partial charge in [0.1, 0.15) is 0 Å². The number of rotatable bonds is 6.